The molecule has 7 heteroatoms. The number of amides is 2. The molecule has 1 aliphatic heterocycles. The summed E-state index contributed by atoms with van der Waals surface area (Å²) < 4.78 is 26.5. The minimum Gasteiger partial charge on any atom is -0.288 e. The Morgan fingerprint density at radius 2 is 1.61 bits per heavy atom. The number of hydrogen-bond donors (Lipinski definition) is 1. The van der Waals surface area contributed by atoms with E-state index in [9.17, 15) is 18.0 Å². The van der Waals surface area contributed by atoms with Gasteiger partial charge in [0, 0.05) is 13.6 Å². The van der Waals surface area contributed by atoms with Crippen molar-refractivity contribution in [2.24, 2.45) is 0 Å². The zero-order chi connectivity index (χ0) is 16.6. The third-order valence-corrected chi connectivity index (χ3v) is 5.46. The van der Waals surface area contributed by atoms with Crippen LogP contribution >= 0.6 is 0 Å². The maximum absolute atomic E-state index is 12.6. The zero-order valence-electron chi connectivity index (χ0n) is 12.3. The Morgan fingerprint density at radius 1 is 0.957 bits per heavy atom. The van der Waals surface area contributed by atoms with Crippen molar-refractivity contribution in [1.29, 1.82) is 0 Å². The van der Waals surface area contributed by atoms with Crippen molar-refractivity contribution in [2.45, 2.75) is 11.4 Å². The van der Waals surface area contributed by atoms with Crippen molar-refractivity contribution in [1.82, 2.24) is 9.62 Å². The molecule has 0 spiro atoms. The van der Waals surface area contributed by atoms with E-state index < -0.39 is 21.8 Å². The van der Waals surface area contributed by atoms with Gasteiger partial charge < -0.3 is 0 Å². The lowest BCUT2D eigenvalue weighted by Crippen LogP contribution is -2.26. The van der Waals surface area contributed by atoms with Gasteiger partial charge in [0.1, 0.15) is 0 Å². The van der Waals surface area contributed by atoms with Crippen LogP contribution in [0.15, 0.2) is 53.4 Å². The lowest BCUT2D eigenvalue weighted by Gasteiger charge is -2.17. The average molecular weight is 330 g/mol. The van der Waals surface area contributed by atoms with Gasteiger partial charge in [-0.05, 0) is 23.8 Å². The summed E-state index contributed by atoms with van der Waals surface area (Å²) in [7, 11) is -2.28. The number of carbonyl (C=O) groups excluding carboxylic acids is 2. The molecule has 1 heterocycles. The molecule has 0 bridgehead atoms. The van der Waals surface area contributed by atoms with Gasteiger partial charge in [-0.3, -0.25) is 14.9 Å². The maximum atomic E-state index is 12.6. The Kier molecular flexibility index (Phi) is 3.75. The highest BCUT2D eigenvalue weighted by atomic mass is 32.2. The van der Waals surface area contributed by atoms with E-state index in [1.807, 2.05) is 30.3 Å². The third kappa shape index (κ3) is 2.76. The largest absolute Gasteiger partial charge is 0.288 e. The lowest BCUT2D eigenvalue weighted by atomic mass is 10.1. The number of hydrogen-bond acceptors (Lipinski definition) is 4. The van der Waals surface area contributed by atoms with Crippen LogP contribution in [0.4, 0.5) is 0 Å². The molecule has 1 aliphatic rings. The highest BCUT2D eigenvalue weighted by Crippen LogP contribution is 2.23. The third-order valence-electron chi connectivity index (χ3n) is 3.66. The summed E-state index contributed by atoms with van der Waals surface area (Å²) in [6, 6.07) is 13.1. The monoisotopic (exact) mass is 330 g/mol. The maximum Gasteiger partial charge on any atom is 0.258 e. The van der Waals surface area contributed by atoms with Crippen LogP contribution in [-0.2, 0) is 16.6 Å². The van der Waals surface area contributed by atoms with E-state index in [2.05, 4.69) is 5.32 Å². The lowest BCUT2D eigenvalue weighted by molar-refractivity contribution is 0.0879. The molecule has 0 saturated heterocycles. The van der Waals surface area contributed by atoms with Gasteiger partial charge in [-0.1, -0.05) is 30.3 Å². The molecule has 3 rings (SSSR count). The van der Waals surface area contributed by atoms with Gasteiger partial charge in [0.15, 0.2) is 0 Å². The van der Waals surface area contributed by atoms with Crippen molar-refractivity contribution < 1.29 is 18.0 Å². The number of benzene rings is 2. The summed E-state index contributed by atoms with van der Waals surface area (Å²) in [5.74, 6) is -1.08. The van der Waals surface area contributed by atoms with E-state index in [1.165, 1.54) is 29.6 Å². The predicted octanol–water partition coefficient (Wildman–Crippen LogP) is 1.39. The second kappa shape index (κ2) is 5.60. The van der Waals surface area contributed by atoms with Gasteiger partial charge in [-0.25, -0.2) is 8.42 Å². The number of carbonyl (C=O) groups is 2. The van der Waals surface area contributed by atoms with E-state index in [4.69, 9.17) is 0 Å². The van der Waals surface area contributed by atoms with Crippen LogP contribution < -0.4 is 5.32 Å². The number of rotatable bonds is 4. The normalized spacial score (nSPS) is 14.0. The molecule has 2 aromatic rings. The smallest absolute Gasteiger partial charge is 0.258 e. The topological polar surface area (TPSA) is 83.6 Å². The number of nitrogens with one attached hydrogen (secondary N) is 1. The first kappa shape index (κ1) is 15.4. The Balaban J connectivity index is 1.93. The van der Waals surface area contributed by atoms with E-state index in [1.54, 1.807) is 0 Å². The SMILES string of the molecule is CN(Cc1ccccc1)S(=O)(=O)c1ccc2c(c1)C(=O)NC2=O. The van der Waals surface area contributed by atoms with Crippen LogP contribution in [0.25, 0.3) is 0 Å². The highest BCUT2D eigenvalue weighted by Gasteiger charge is 2.30. The second-order valence-corrected chi connectivity index (χ2v) is 7.28. The molecular formula is C16H14N2O4S. The summed E-state index contributed by atoms with van der Waals surface area (Å²) in [6.07, 6.45) is 0. The molecule has 0 saturated carbocycles. The van der Waals surface area contributed by atoms with Crippen molar-refractivity contribution in [2.75, 3.05) is 7.05 Å². The molecule has 2 aromatic carbocycles. The molecule has 2 amide bonds. The zero-order valence-corrected chi connectivity index (χ0v) is 13.1. The average Bonchev–Trinajstić information content (AvgIpc) is 2.82. The summed E-state index contributed by atoms with van der Waals surface area (Å²) in [6.45, 7) is 0.214. The first-order chi connectivity index (χ1) is 10.9. The van der Waals surface area contributed by atoms with E-state index >= 15 is 0 Å². The van der Waals surface area contributed by atoms with Gasteiger partial charge in [-0.15, -0.1) is 0 Å². The summed E-state index contributed by atoms with van der Waals surface area (Å²) in [5.41, 5.74) is 1.14. The Morgan fingerprint density at radius 3 is 2.30 bits per heavy atom. The standard InChI is InChI=1S/C16H14N2O4S/c1-18(10-11-5-3-2-4-6-11)23(21,22)12-7-8-13-14(9-12)16(20)17-15(13)19/h2-9H,10H2,1H3,(H,17,19,20). The highest BCUT2D eigenvalue weighted by molar-refractivity contribution is 7.89. The first-order valence-electron chi connectivity index (χ1n) is 6.89. The molecule has 0 atom stereocenters. The van der Waals surface area contributed by atoms with Crippen LogP contribution in [0.3, 0.4) is 0 Å². The van der Waals surface area contributed by atoms with Crippen molar-refractivity contribution in [3.05, 3.63) is 65.2 Å². The molecule has 1 N–H and O–H groups in total. The van der Waals surface area contributed by atoms with Gasteiger partial charge in [0.05, 0.1) is 16.0 Å². The van der Waals surface area contributed by atoms with E-state index in [0.717, 1.165) is 5.56 Å². The van der Waals surface area contributed by atoms with Gasteiger partial charge in [0.2, 0.25) is 10.0 Å². The summed E-state index contributed by atoms with van der Waals surface area (Å²) in [4.78, 5) is 23.2. The second-order valence-electron chi connectivity index (χ2n) is 5.24. The number of sulfonamides is 1. The fraction of sp³-hybridized carbons (Fsp3) is 0.125. The van der Waals surface area contributed by atoms with Gasteiger partial charge in [0.25, 0.3) is 11.8 Å². The van der Waals surface area contributed by atoms with Gasteiger partial charge >= 0.3 is 0 Å². The molecule has 0 aliphatic carbocycles. The van der Waals surface area contributed by atoms with Crippen LogP contribution in [0.2, 0.25) is 0 Å². The molecule has 6 nitrogen and oxygen atoms in total. The quantitative estimate of drug-likeness (QED) is 0.859. The number of nitrogens with zero attached hydrogens (tertiary/aromatic N) is 1. The fourth-order valence-electron chi connectivity index (χ4n) is 2.41. The fourth-order valence-corrected chi connectivity index (χ4v) is 3.60. The Labute approximate surface area is 133 Å². The summed E-state index contributed by atoms with van der Waals surface area (Å²) >= 11 is 0. The van der Waals surface area contributed by atoms with Gasteiger partial charge in [-0.2, -0.15) is 4.31 Å². The van der Waals surface area contributed by atoms with Crippen molar-refractivity contribution in [3.8, 4) is 0 Å². The molecule has 23 heavy (non-hydrogen) atoms. The molecule has 118 valence electrons. The number of fused-ring (bicyclic) bond motifs is 1. The van der Waals surface area contributed by atoms with Crippen LogP contribution in [0.1, 0.15) is 26.3 Å². The molecular weight excluding hydrogens is 316 g/mol. The van der Waals surface area contributed by atoms with Crippen LogP contribution in [-0.4, -0.2) is 31.6 Å². The molecule has 0 aromatic heterocycles. The molecule has 0 radical (unpaired) electrons. The van der Waals surface area contributed by atoms with Crippen LogP contribution in [0, 0.1) is 0 Å². The van der Waals surface area contributed by atoms with Crippen molar-refractivity contribution in [3.63, 3.8) is 0 Å². The Hall–Kier alpha value is -2.51. The van der Waals surface area contributed by atoms with E-state index in [0.29, 0.717) is 0 Å². The first-order valence-corrected chi connectivity index (χ1v) is 8.33. The minimum absolute atomic E-state index is 0.0143. The summed E-state index contributed by atoms with van der Waals surface area (Å²) in [5, 5.41) is 2.14. The Bertz CT molecular complexity index is 892. The molecule has 0 fully saturated rings. The van der Waals surface area contributed by atoms with Crippen LogP contribution in [0.5, 0.6) is 0 Å². The van der Waals surface area contributed by atoms with Crippen molar-refractivity contribution >= 4 is 21.8 Å². The number of imide groups is 1. The molecule has 0 unspecified atom stereocenters. The minimum atomic E-state index is -3.76. The van der Waals surface area contributed by atoms with E-state index in [-0.39, 0.29) is 22.6 Å². The predicted molar refractivity (Wildman–Crippen MR) is 83.3 cm³/mol.